The topological polar surface area (TPSA) is 60.5 Å². The summed E-state index contributed by atoms with van der Waals surface area (Å²) in [6.07, 6.45) is 7.14. The summed E-state index contributed by atoms with van der Waals surface area (Å²) in [5.74, 6) is 0.164. The fraction of sp³-hybridized carbons (Fsp3) is 0.167. The average molecular weight is 342 g/mol. The Morgan fingerprint density at radius 1 is 1.29 bits per heavy atom. The van der Waals surface area contributed by atoms with Crippen LogP contribution in [0.15, 0.2) is 54.9 Å². The first-order chi connectivity index (χ1) is 11.7. The minimum atomic E-state index is -0.428. The summed E-state index contributed by atoms with van der Waals surface area (Å²) in [6.45, 7) is 0.475. The van der Waals surface area contributed by atoms with Gasteiger partial charge in [-0.2, -0.15) is 0 Å². The minimum Gasteiger partial charge on any atom is -0.481 e. The molecule has 0 aliphatic rings. The number of hydrogen-bond acceptors (Lipinski definition) is 5. The van der Waals surface area contributed by atoms with Gasteiger partial charge in [0, 0.05) is 24.5 Å². The van der Waals surface area contributed by atoms with Crippen LogP contribution in [0.5, 0.6) is 5.75 Å². The van der Waals surface area contributed by atoms with E-state index in [4.69, 9.17) is 17.0 Å². The van der Waals surface area contributed by atoms with E-state index in [2.05, 4.69) is 15.0 Å². The summed E-state index contributed by atoms with van der Waals surface area (Å²) in [4.78, 5) is 15.8. The lowest BCUT2D eigenvalue weighted by Crippen LogP contribution is -2.18. The number of nitrogens with zero attached hydrogens (tertiary/aromatic N) is 1. The molecule has 1 aromatic heterocycles. The molecule has 0 saturated heterocycles. The first-order valence-electron chi connectivity index (χ1n) is 7.32. The zero-order valence-electron chi connectivity index (χ0n) is 13.3. The largest absolute Gasteiger partial charge is 0.481 e. The van der Waals surface area contributed by atoms with Gasteiger partial charge < -0.3 is 14.8 Å². The van der Waals surface area contributed by atoms with Crippen molar-refractivity contribution in [2.45, 2.75) is 6.54 Å². The normalized spacial score (nSPS) is 10.4. The number of hydrogen-bond donors (Lipinski definition) is 1. The van der Waals surface area contributed by atoms with Crippen molar-refractivity contribution in [3.05, 3.63) is 66.0 Å². The van der Waals surface area contributed by atoms with E-state index in [1.807, 2.05) is 36.4 Å². The van der Waals surface area contributed by atoms with Gasteiger partial charge in [0.15, 0.2) is 6.61 Å². The fourth-order valence-corrected chi connectivity index (χ4v) is 2.00. The van der Waals surface area contributed by atoms with Gasteiger partial charge >= 0.3 is 5.97 Å². The molecule has 1 heterocycles. The van der Waals surface area contributed by atoms with Crippen LogP contribution in [0.4, 0.5) is 0 Å². The van der Waals surface area contributed by atoms with Crippen molar-refractivity contribution in [3.63, 3.8) is 0 Å². The zero-order chi connectivity index (χ0) is 17.2. The van der Waals surface area contributed by atoms with Crippen molar-refractivity contribution in [1.82, 2.24) is 10.3 Å². The van der Waals surface area contributed by atoms with E-state index in [0.29, 0.717) is 17.3 Å². The molecule has 0 fully saturated rings. The van der Waals surface area contributed by atoms with Crippen LogP contribution in [0, 0.1) is 0 Å². The molecule has 5 nitrogen and oxygen atoms in total. The molecule has 0 unspecified atom stereocenters. The molecular formula is C18H18N2O3S. The number of nitrogens with one attached hydrogen (secondary N) is 1. The van der Waals surface area contributed by atoms with E-state index in [0.717, 1.165) is 11.1 Å². The summed E-state index contributed by atoms with van der Waals surface area (Å²) >= 11 is 5.29. The third kappa shape index (κ3) is 5.81. The van der Waals surface area contributed by atoms with Gasteiger partial charge in [0.05, 0.1) is 12.1 Å². The maximum Gasteiger partial charge on any atom is 0.343 e. The fourth-order valence-electron chi connectivity index (χ4n) is 1.86. The van der Waals surface area contributed by atoms with Gasteiger partial charge in [-0.05, 0) is 29.8 Å². The number of esters is 1. The number of pyridine rings is 1. The van der Waals surface area contributed by atoms with Gasteiger partial charge in [-0.25, -0.2) is 4.79 Å². The van der Waals surface area contributed by atoms with Crippen LogP contribution in [0.1, 0.15) is 11.1 Å². The Morgan fingerprint density at radius 3 is 2.88 bits per heavy atom. The second-order valence-electron chi connectivity index (χ2n) is 4.82. The minimum absolute atomic E-state index is 0.134. The van der Waals surface area contributed by atoms with Crippen molar-refractivity contribution in [3.8, 4) is 5.75 Å². The Labute approximate surface area is 146 Å². The SMILES string of the molecule is COC(=O)COc1ccccc1/C=C/C(=S)NCc1cccnc1. The van der Waals surface area contributed by atoms with E-state index < -0.39 is 5.97 Å². The van der Waals surface area contributed by atoms with Crippen LogP contribution in [-0.2, 0) is 16.1 Å². The number of carbonyl (C=O) groups excluding carboxylic acids is 1. The molecule has 0 amide bonds. The molecular weight excluding hydrogens is 324 g/mol. The number of methoxy groups -OCH3 is 1. The summed E-state index contributed by atoms with van der Waals surface area (Å²) < 4.78 is 10.0. The molecule has 0 saturated carbocycles. The van der Waals surface area contributed by atoms with Gasteiger partial charge in [0.25, 0.3) is 0 Å². The van der Waals surface area contributed by atoms with E-state index >= 15 is 0 Å². The van der Waals surface area contributed by atoms with Crippen molar-refractivity contribution in [2.24, 2.45) is 0 Å². The molecule has 6 heteroatoms. The average Bonchev–Trinajstić information content (AvgIpc) is 2.64. The predicted octanol–water partition coefficient (Wildman–Crippen LogP) is 2.76. The standard InChI is InChI=1S/C18H18N2O3S/c1-22-18(21)13-23-16-7-3-2-6-15(16)8-9-17(24)20-12-14-5-4-10-19-11-14/h2-11H,12-13H2,1H3,(H,20,24)/b9-8+. The number of thiocarbonyl (C=S) groups is 1. The summed E-state index contributed by atoms with van der Waals surface area (Å²) in [7, 11) is 1.32. The zero-order valence-corrected chi connectivity index (χ0v) is 14.1. The summed E-state index contributed by atoms with van der Waals surface area (Å²) in [5, 5.41) is 3.14. The molecule has 1 aromatic carbocycles. The van der Waals surface area contributed by atoms with Gasteiger partial charge in [-0.15, -0.1) is 0 Å². The highest BCUT2D eigenvalue weighted by molar-refractivity contribution is 7.80. The van der Waals surface area contributed by atoms with E-state index in [9.17, 15) is 4.79 Å². The van der Waals surface area contributed by atoms with Crippen LogP contribution in [0.25, 0.3) is 6.08 Å². The van der Waals surface area contributed by atoms with Crippen LogP contribution in [0.3, 0.4) is 0 Å². The maximum atomic E-state index is 11.2. The van der Waals surface area contributed by atoms with Gasteiger partial charge in [0.1, 0.15) is 5.75 Å². The monoisotopic (exact) mass is 342 g/mol. The smallest absolute Gasteiger partial charge is 0.343 e. The van der Waals surface area contributed by atoms with Crippen molar-refractivity contribution in [2.75, 3.05) is 13.7 Å². The number of benzene rings is 1. The number of ether oxygens (including phenoxy) is 2. The van der Waals surface area contributed by atoms with Crippen molar-refractivity contribution >= 4 is 29.3 Å². The summed E-state index contributed by atoms with van der Waals surface area (Å²) in [5.41, 5.74) is 1.88. The number of para-hydroxylation sites is 1. The number of carbonyl (C=O) groups is 1. The first-order valence-corrected chi connectivity index (χ1v) is 7.73. The van der Waals surface area contributed by atoms with Crippen molar-refractivity contribution in [1.29, 1.82) is 0 Å². The number of aromatic nitrogens is 1. The van der Waals surface area contributed by atoms with Crippen LogP contribution in [0.2, 0.25) is 0 Å². The molecule has 0 atom stereocenters. The molecule has 124 valence electrons. The van der Waals surface area contributed by atoms with E-state index in [1.165, 1.54) is 7.11 Å². The van der Waals surface area contributed by atoms with E-state index in [-0.39, 0.29) is 6.61 Å². The third-order valence-electron chi connectivity index (χ3n) is 3.10. The number of rotatable bonds is 7. The second kappa shape index (κ2) is 9.42. The lowest BCUT2D eigenvalue weighted by atomic mass is 10.2. The lowest BCUT2D eigenvalue weighted by Gasteiger charge is -2.08. The van der Waals surface area contributed by atoms with Crippen LogP contribution < -0.4 is 10.1 Å². The highest BCUT2D eigenvalue weighted by Crippen LogP contribution is 2.19. The molecule has 2 aromatic rings. The van der Waals surface area contributed by atoms with E-state index in [1.54, 1.807) is 24.5 Å². The Hall–Kier alpha value is -2.73. The Kier molecular flexibility index (Phi) is 6.91. The third-order valence-corrected chi connectivity index (χ3v) is 3.38. The van der Waals surface area contributed by atoms with Crippen LogP contribution >= 0.6 is 12.2 Å². The quantitative estimate of drug-likeness (QED) is 0.474. The summed E-state index contributed by atoms with van der Waals surface area (Å²) in [6, 6.07) is 11.2. The molecule has 0 aliphatic carbocycles. The highest BCUT2D eigenvalue weighted by atomic mass is 32.1. The molecule has 0 bridgehead atoms. The first kappa shape index (κ1) is 17.6. The van der Waals surface area contributed by atoms with Crippen LogP contribution in [-0.4, -0.2) is 29.7 Å². The predicted molar refractivity (Wildman–Crippen MR) is 96.7 cm³/mol. The van der Waals surface area contributed by atoms with Gasteiger partial charge in [0.2, 0.25) is 0 Å². The molecule has 0 aliphatic heterocycles. The molecule has 2 rings (SSSR count). The Bertz CT molecular complexity index is 717. The molecule has 1 N–H and O–H groups in total. The Balaban J connectivity index is 1.93. The Morgan fingerprint density at radius 2 is 2.12 bits per heavy atom. The molecule has 0 radical (unpaired) electrons. The van der Waals surface area contributed by atoms with Gasteiger partial charge in [-0.1, -0.05) is 36.5 Å². The second-order valence-corrected chi connectivity index (χ2v) is 5.25. The maximum absolute atomic E-state index is 11.2. The van der Waals surface area contributed by atoms with Crippen molar-refractivity contribution < 1.29 is 14.3 Å². The lowest BCUT2D eigenvalue weighted by molar-refractivity contribution is -0.142. The van der Waals surface area contributed by atoms with Gasteiger partial charge in [-0.3, -0.25) is 4.98 Å². The molecule has 0 spiro atoms. The molecule has 24 heavy (non-hydrogen) atoms. The highest BCUT2D eigenvalue weighted by Gasteiger charge is 2.04.